The summed E-state index contributed by atoms with van der Waals surface area (Å²) in [6, 6.07) is 0.469. The molecule has 0 aromatic heterocycles. The first-order valence-corrected chi connectivity index (χ1v) is 6.21. The predicted octanol–water partition coefficient (Wildman–Crippen LogP) is 2.09. The van der Waals surface area contributed by atoms with Gasteiger partial charge in [-0.25, -0.2) is 4.79 Å². The van der Waals surface area contributed by atoms with Gasteiger partial charge in [-0.15, -0.1) is 0 Å². The topological polar surface area (TPSA) is 38.3 Å². The van der Waals surface area contributed by atoms with Crippen LogP contribution in [0.1, 0.15) is 32.6 Å². The second-order valence-corrected chi connectivity index (χ2v) is 5.15. The number of methoxy groups -OCH3 is 1. The number of carbonyl (C=O) groups excluding carboxylic acids is 1. The van der Waals surface area contributed by atoms with Crippen molar-refractivity contribution in [2.24, 2.45) is 17.8 Å². The van der Waals surface area contributed by atoms with E-state index in [1.807, 2.05) is 0 Å². The van der Waals surface area contributed by atoms with Crippen LogP contribution in [-0.2, 0) is 9.53 Å². The maximum absolute atomic E-state index is 10.9. The van der Waals surface area contributed by atoms with E-state index in [-0.39, 0.29) is 5.97 Å². The molecule has 2 aliphatic carbocycles. The molecule has 90 valence electrons. The van der Waals surface area contributed by atoms with Gasteiger partial charge in [-0.1, -0.05) is 6.42 Å². The standard InChI is InChI=1S/C13H21NO2/c1-9(14-6-5-13(15)16-2)12-8-10-3-4-11(12)7-10/h5-6,9-12,14H,3-4,7-8H2,1-2H3/b6-5+. The van der Waals surface area contributed by atoms with Gasteiger partial charge in [0.25, 0.3) is 0 Å². The molecule has 4 unspecified atom stereocenters. The number of esters is 1. The molecule has 0 aromatic carbocycles. The van der Waals surface area contributed by atoms with E-state index in [0.29, 0.717) is 6.04 Å². The number of hydrogen-bond acceptors (Lipinski definition) is 3. The van der Waals surface area contributed by atoms with E-state index in [1.54, 1.807) is 6.20 Å². The minimum Gasteiger partial charge on any atom is -0.466 e. The van der Waals surface area contributed by atoms with Crippen LogP contribution in [0.5, 0.6) is 0 Å². The molecule has 2 aliphatic rings. The summed E-state index contributed by atoms with van der Waals surface area (Å²) in [5, 5.41) is 3.29. The summed E-state index contributed by atoms with van der Waals surface area (Å²) in [7, 11) is 1.39. The number of nitrogens with one attached hydrogen (secondary N) is 1. The zero-order valence-corrected chi connectivity index (χ0v) is 10.1. The van der Waals surface area contributed by atoms with E-state index in [1.165, 1.54) is 38.9 Å². The predicted molar refractivity (Wildman–Crippen MR) is 62.7 cm³/mol. The fraction of sp³-hybridized carbons (Fsp3) is 0.769. The van der Waals surface area contributed by atoms with Crippen LogP contribution in [0.2, 0.25) is 0 Å². The highest BCUT2D eigenvalue weighted by atomic mass is 16.5. The molecule has 16 heavy (non-hydrogen) atoms. The number of rotatable bonds is 4. The maximum atomic E-state index is 10.9. The Balaban J connectivity index is 1.78. The summed E-state index contributed by atoms with van der Waals surface area (Å²) in [4.78, 5) is 10.9. The van der Waals surface area contributed by atoms with E-state index in [2.05, 4.69) is 17.0 Å². The van der Waals surface area contributed by atoms with Crippen LogP contribution in [0.25, 0.3) is 0 Å². The quantitative estimate of drug-likeness (QED) is 0.586. The van der Waals surface area contributed by atoms with Crippen LogP contribution in [0.4, 0.5) is 0 Å². The minimum atomic E-state index is -0.298. The van der Waals surface area contributed by atoms with E-state index in [4.69, 9.17) is 0 Å². The Labute approximate surface area is 97.2 Å². The first-order chi connectivity index (χ1) is 7.70. The van der Waals surface area contributed by atoms with Gasteiger partial charge in [-0.05, 0) is 43.9 Å². The number of carbonyl (C=O) groups is 1. The Kier molecular flexibility index (Phi) is 3.52. The molecular formula is C13H21NO2. The van der Waals surface area contributed by atoms with Crippen LogP contribution >= 0.6 is 0 Å². The zero-order valence-electron chi connectivity index (χ0n) is 10.1. The Morgan fingerprint density at radius 2 is 2.25 bits per heavy atom. The van der Waals surface area contributed by atoms with Gasteiger partial charge in [0.15, 0.2) is 0 Å². The largest absolute Gasteiger partial charge is 0.466 e. The third kappa shape index (κ3) is 2.39. The smallest absolute Gasteiger partial charge is 0.331 e. The Morgan fingerprint density at radius 1 is 1.44 bits per heavy atom. The van der Waals surface area contributed by atoms with Crippen LogP contribution in [-0.4, -0.2) is 19.1 Å². The van der Waals surface area contributed by atoms with E-state index < -0.39 is 0 Å². The van der Waals surface area contributed by atoms with E-state index >= 15 is 0 Å². The molecule has 0 saturated heterocycles. The molecular weight excluding hydrogens is 202 g/mol. The Bertz CT molecular complexity index is 288. The maximum Gasteiger partial charge on any atom is 0.331 e. The number of fused-ring (bicyclic) bond motifs is 2. The highest BCUT2D eigenvalue weighted by Crippen LogP contribution is 2.49. The van der Waals surface area contributed by atoms with Gasteiger partial charge in [0, 0.05) is 18.3 Å². The third-order valence-electron chi connectivity index (χ3n) is 4.21. The molecule has 2 bridgehead atoms. The normalized spacial score (nSPS) is 34.2. The van der Waals surface area contributed by atoms with Gasteiger partial charge in [0.2, 0.25) is 0 Å². The summed E-state index contributed by atoms with van der Waals surface area (Å²) in [6.07, 6.45) is 8.81. The highest BCUT2D eigenvalue weighted by Gasteiger charge is 2.41. The molecule has 2 saturated carbocycles. The molecule has 0 spiro atoms. The lowest BCUT2D eigenvalue weighted by molar-refractivity contribution is -0.134. The Morgan fingerprint density at radius 3 is 2.81 bits per heavy atom. The van der Waals surface area contributed by atoms with Crippen LogP contribution in [0.3, 0.4) is 0 Å². The van der Waals surface area contributed by atoms with Gasteiger partial charge in [-0.2, -0.15) is 0 Å². The van der Waals surface area contributed by atoms with Crippen LogP contribution in [0.15, 0.2) is 12.3 Å². The van der Waals surface area contributed by atoms with E-state index in [0.717, 1.165) is 17.8 Å². The fourth-order valence-corrected chi connectivity index (χ4v) is 3.37. The van der Waals surface area contributed by atoms with Gasteiger partial charge >= 0.3 is 5.97 Å². The monoisotopic (exact) mass is 223 g/mol. The van der Waals surface area contributed by atoms with Crippen molar-refractivity contribution in [3.63, 3.8) is 0 Å². The van der Waals surface area contributed by atoms with Crippen molar-refractivity contribution in [2.45, 2.75) is 38.6 Å². The van der Waals surface area contributed by atoms with Crippen LogP contribution in [0, 0.1) is 17.8 Å². The molecule has 2 fully saturated rings. The summed E-state index contributed by atoms with van der Waals surface area (Å²) in [5.74, 6) is 2.39. The van der Waals surface area contributed by atoms with Crippen molar-refractivity contribution < 1.29 is 9.53 Å². The van der Waals surface area contributed by atoms with Crippen molar-refractivity contribution in [1.82, 2.24) is 5.32 Å². The van der Waals surface area contributed by atoms with Gasteiger partial charge in [0.05, 0.1) is 7.11 Å². The van der Waals surface area contributed by atoms with Crippen molar-refractivity contribution in [2.75, 3.05) is 7.11 Å². The van der Waals surface area contributed by atoms with Crippen LogP contribution < -0.4 is 5.32 Å². The SMILES string of the molecule is COC(=O)/C=C/NC(C)C1CC2CCC1C2. The molecule has 2 rings (SSSR count). The van der Waals surface area contributed by atoms with Crippen molar-refractivity contribution in [1.29, 1.82) is 0 Å². The zero-order chi connectivity index (χ0) is 11.5. The molecule has 0 aromatic rings. The molecule has 3 heteroatoms. The summed E-state index contributed by atoms with van der Waals surface area (Å²) < 4.78 is 4.54. The molecule has 1 N–H and O–H groups in total. The molecule has 0 amide bonds. The molecule has 0 radical (unpaired) electrons. The lowest BCUT2D eigenvalue weighted by atomic mass is 9.84. The van der Waals surface area contributed by atoms with Gasteiger partial charge < -0.3 is 10.1 Å². The van der Waals surface area contributed by atoms with Crippen molar-refractivity contribution in [3.05, 3.63) is 12.3 Å². The lowest BCUT2D eigenvalue weighted by Gasteiger charge is -2.27. The second-order valence-electron chi connectivity index (χ2n) is 5.15. The molecule has 3 nitrogen and oxygen atoms in total. The van der Waals surface area contributed by atoms with Gasteiger partial charge in [0.1, 0.15) is 0 Å². The Hall–Kier alpha value is -0.990. The number of hydrogen-bond donors (Lipinski definition) is 1. The van der Waals surface area contributed by atoms with Crippen molar-refractivity contribution in [3.8, 4) is 0 Å². The first-order valence-electron chi connectivity index (χ1n) is 6.21. The third-order valence-corrected chi connectivity index (χ3v) is 4.21. The molecule has 0 heterocycles. The second kappa shape index (κ2) is 4.89. The van der Waals surface area contributed by atoms with Gasteiger partial charge in [-0.3, -0.25) is 0 Å². The molecule has 4 atom stereocenters. The molecule has 0 aliphatic heterocycles. The van der Waals surface area contributed by atoms with Crippen molar-refractivity contribution >= 4 is 5.97 Å². The highest BCUT2D eigenvalue weighted by molar-refractivity contribution is 5.81. The average Bonchev–Trinajstić information content (AvgIpc) is 2.90. The summed E-state index contributed by atoms with van der Waals surface area (Å²) in [6.45, 7) is 2.22. The fourth-order valence-electron chi connectivity index (χ4n) is 3.37. The van der Waals surface area contributed by atoms with E-state index in [9.17, 15) is 4.79 Å². The average molecular weight is 223 g/mol. The summed E-state index contributed by atoms with van der Waals surface area (Å²) in [5.41, 5.74) is 0. The number of ether oxygens (including phenoxy) is 1. The summed E-state index contributed by atoms with van der Waals surface area (Å²) >= 11 is 0. The first kappa shape index (κ1) is 11.5. The lowest BCUT2D eigenvalue weighted by Crippen LogP contribution is -2.33. The minimum absolute atomic E-state index is 0.298.